The van der Waals surface area contributed by atoms with Crippen molar-refractivity contribution in [3.05, 3.63) is 0 Å². The SMILES string of the molecule is CCCC(=O)C(C1CCCCC1)(C1CCCCC1)C(C)N(C)C. The van der Waals surface area contributed by atoms with Gasteiger partial charge in [0.25, 0.3) is 0 Å². The van der Waals surface area contributed by atoms with Gasteiger partial charge >= 0.3 is 0 Å². The molecule has 0 bridgehead atoms. The van der Waals surface area contributed by atoms with Gasteiger partial charge in [-0.05, 0) is 65.0 Å². The molecule has 0 aromatic heterocycles. The lowest BCUT2D eigenvalue weighted by molar-refractivity contribution is -0.146. The fourth-order valence-electron chi connectivity index (χ4n) is 5.74. The maximum absolute atomic E-state index is 13.6. The van der Waals surface area contributed by atoms with Crippen molar-refractivity contribution in [1.29, 1.82) is 0 Å². The molecule has 0 saturated heterocycles. The summed E-state index contributed by atoms with van der Waals surface area (Å²) < 4.78 is 0. The monoisotopic (exact) mass is 321 g/mol. The summed E-state index contributed by atoms with van der Waals surface area (Å²) in [5, 5.41) is 0. The molecule has 0 aliphatic heterocycles. The number of Topliss-reactive ketones (excluding diaryl/α,β-unsaturated/α-hetero) is 1. The molecule has 0 heterocycles. The summed E-state index contributed by atoms with van der Waals surface area (Å²) in [5.74, 6) is 1.84. The second-order valence-corrected chi connectivity index (χ2v) is 8.42. The van der Waals surface area contributed by atoms with Gasteiger partial charge in [-0.3, -0.25) is 4.79 Å². The third-order valence-electron chi connectivity index (χ3n) is 6.99. The van der Waals surface area contributed by atoms with Gasteiger partial charge in [-0.25, -0.2) is 0 Å². The Balaban J connectivity index is 2.43. The molecule has 23 heavy (non-hydrogen) atoms. The maximum Gasteiger partial charge on any atom is 0.141 e. The van der Waals surface area contributed by atoms with E-state index in [4.69, 9.17) is 0 Å². The van der Waals surface area contributed by atoms with E-state index in [0.29, 0.717) is 23.7 Å². The second-order valence-electron chi connectivity index (χ2n) is 8.42. The smallest absolute Gasteiger partial charge is 0.141 e. The van der Waals surface area contributed by atoms with E-state index in [1.165, 1.54) is 64.2 Å². The highest BCUT2D eigenvalue weighted by Crippen LogP contribution is 2.53. The van der Waals surface area contributed by atoms with E-state index < -0.39 is 0 Å². The van der Waals surface area contributed by atoms with Crippen LogP contribution in [0.3, 0.4) is 0 Å². The van der Waals surface area contributed by atoms with E-state index in [-0.39, 0.29) is 5.41 Å². The van der Waals surface area contributed by atoms with E-state index in [2.05, 4.69) is 32.8 Å². The summed E-state index contributed by atoms with van der Waals surface area (Å²) in [6.45, 7) is 4.52. The van der Waals surface area contributed by atoms with Crippen LogP contribution in [0.5, 0.6) is 0 Å². The molecule has 2 saturated carbocycles. The first-order valence-electron chi connectivity index (χ1n) is 10.2. The zero-order valence-electron chi connectivity index (χ0n) is 16.1. The molecule has 0 amide bonds. The van der Waals surface area contributed by atoms with Crippen molar-refractivity contribution in [3.63, 3.8) is 0 Å². The predicted molar refractivity (Wildman–Crippen MR) is 98.6 cm³/mol. The predicted octanol–water partition coefficient (Wildman–Crippen LogP) is 5.45. The third kappa shape index (κ3) is 3.83. The Morgan fingerprint density at radius 1 is 0.957 bits per heavy atom. The van der Waals surface area contributed by atoms with Crippen LogP contribution in [0.4, 0.5) is 0 Å². The number of carbonyl (C=O) groups excluding carboxylic acids is 1. The van der Waals surface area contributed by atoms with Crippen LogP contribution in [0, 0.1) is 17.3 Å². The molecule has 0 spiro atoms. The zero-order chi connectivity index (χ0) is 16.9. The number of carbonyl (C=O) groups is 1. The molecule has 2 nitrogen and oxygen atoms in total. The lowest BCUT2D eigenvalue weighted by Gasteiger charge is -2.53. The average molecular weight is 322 g/mol. The van der Waals surface area contributed by atoms with Gasteiger partial charge < -0.3 is 4.90 Å². The molecule has 0 aromatic carbocycles. The zero-order valence-corrected chi connectivity index (χ0v) is 16.1. The molecule has 2 fully saturated rings. The Bertz CT molecular complexity index is 346. The van der Waals surface area contributed by atoms with Crippen LogP contribution in [0.15, 0.2) is 0 Å². The largest absolute Gasteiger partial charge is 0.306 e. The highest BCUT2D eigenvalue weighted by Gasteiger charge is 2.54. The number of hydrogen-bond acceptors (Lipinski definition) is 2. The molecule has 2 aliphatic carbocycles. The quantitative estimate of drug-likeness (QED) is 0.621. The first-order chi connectivity index (χ1) is 11.0. The van der Waals surface area contributed by atoms with Crippen molar-refractivity contribution in [2.45, 2.75) is 96.9 Å². The first kappa shape index (κ1) is 19.0. The van der Waals surface area contributed by atoms with Gasteiger partial charge in [0, 0.05) is 17.9 Å². The van der Waals surface area contributed by atoms with Crippen LogP contribution < -0.4 is 0 Å². The topological polar surface area (TPSA) is 20.3 Å². The Hall–Kier alpha value is -0.370. The van der Waals surface area contributed by atoms with Crippen LogP contribution in [0.1, 0.15) is 90.9 Å². The van der Waals surface area contributed by atoms with Gasteiger partial charge in [0.15, 0.2) is 0 Å². The summed E-state index contributed by atoms with van der Waals surface area (Å²) in [7, 11) is 4.37. The van der Waals surface area contributed by atoms with E-state index in [9.17, 15) is 4.79 Å². The Kier molecular flexibility index (Phi) is 7.13. The lowest BCUT2D eigenvalue weighted by Crippen LogP contribution is -2.57. The molecule has 2 aliphatic rings. The fraction of sp³-hybridized carbons (Fsp3) is 0.952. The van der Waals surface area contributed by atoms with E-state index in [1.54, 1.807) is 0 Å². The maximum atomic E-state index is 13.6. The van der Waals surface area contributed by atoms with E-state index >= 15 is 0 Å². The standard InChI is InChI=1S/C21H39NO/c1-5-12-20(23)21(17(2)22(3)4,18-13-8-6-9-14-18)19-15-10-7-11-16-19/h17-19H,5-16H2,1-4H3. The van der Waals surface area contributed by atoms with Crippen LogP contribution in [0.25, 0.3) is 0 Å². The van der Waals surface area contributed by atoms with Gasteiger partial charge in [-0.15, -0.1) is 0 Å². The minimum atomic E-state index is -0.0830. The lowest BCUT2D eigenvalue weighted by atomic mass is 9.53. The normalized spacial score (nSPS) is 23.2. The molecule has 1 atom stereocenters. The van der Waals surface area contributed by atoms with Crippen molar-refractivity contribution < 1.29 is 4.79 Å². The van der Waals surface area contributed by atoms with Gasteiger partial charge in [-0.1, -0.05) is 45.4 Å². The van der Waals surface area contributed by atoms with Gasteiger partial charge in [0.1, 0.15) is 5.78 Å². The van der Waals surface area contributed by atoms with Crippen LogP contribution >= 0.6 is 0 Å². The molecular weight excluding hydrogens is 282 g/mol. The molecular formula is C21H39NO. The van der Waals surface area contributed by atoms with Gasteiger partial charge in [0.2, 0.25) is 0 Å². The number of ketones is 1. The van der Waals surface area contributed by atoms with Crippen molar-refractivity contribution in [2.75, 3.05) is 14.1 Å². The van der Waals surface area contributed by atoms with Crippen molar-refractivity contribution in [3.8, 4) is 0 Å². The van der Waals surface area contributed by atoms with Crippen LogP contribution in [-0.4, -0.2) is 30.8 Å². The second kappa shape index (κ2) is 8.65. The molecule has 0 aromatic rings. The minimum absolute atomic E-state index is 0.0830. The summed E-state index contributed by atoms with van der Waals surface area (Å²) in [6, 6.07) is 0.368. The molecule has 0 radical (unpaired) electrons. The summed E-state index contributed by atoms with van der Waals surface area (Å²) in [6.07, 6.45) is 15.0. The Morgan fingerprint density at radius 2 is 1.39 bits per heavy atom. The Morgan fingerprint density at radius 3 is 1.74 bits per heavy atom. The van der Waals surface area contributed by atoms with Crippen molar-refractivity contribution >= 4 is 5.78 Å². The Labute approximate surface area is 144 Å². The average Bonchev–Trinajstić information content (AvgIpc) is 2.57. The van der Waals surface area contributed by atoms with E-state index in [1.807, 2.05) is 0 Å². The molecule has 2 heteroatoms. The number of hydrogen-bond donors (Lipinski definition) is 0. The molecule has 134 valence electrons. The van der Waals surface area contributed by atoms with Gasteiger partial charge in [0.05, 0.1) is 0 Å². The number of rotatable bonds is 7. The minimum Gasteiger partial charge on any atom is -0.306 e. The summed E-state index contributed by atoms with van der Waals surface area (Å²) in [5.41, 5.74) is -0.0830. The molecule has 2 rings (SSSR count). The van der Waals surface area contributed by atoms with E-state index in [0.717, 1.165) is 12.8 Å². The highest BCUT2D eigenvalue weighted by molar-refractivity contribution is 5.86. The molecule has 1 unspecified atom stereocenters. The number of nitrogens with zero attached hydrogens (tertiary/aromatic N) is 1. The third-order valence-corrected chi connectivity index (χ3v) is 6.99. The van der Waals surface area contributed by atoms with Crippen molar-refractivity contribution in [2.24, 2.45) is 17.3 Å². The highest BCUT2D eigenvalue weighted by atomic mass is 16.1. The van der Waals surface area contributed by atoms with Gasteiger partial charge in [-0.2, -0.15) is 0 Å². The van der Waals surface area contributed by atoms with Crippen LogP contribution in [0.2, 0.25) is 0 Å². The summed E-state index contributed by atoms with van der Waals surface area (Å²) >= 11 is 0. The molecule has 0 N–H and O–H groups in total. The summed E-state index contributed by atoms with van der Waals surface area (Å²) in [4.78, 5) is 15.9. The fourth-order valence-corrected chi connectivity index (χ4v) is 5.74. The van der Waals surface area contributed by atoms with Crippen LogP contribution in [-0.2, 0) is 4.79 Å². The first-order valence-corrected chi connectivity index (χ1v) is 10.2. The van der Waals surface area contributed by atoms with Crippen molar-refractivity contribution in [1.82, 2.24) is 4.90 Å².